The minimum atomic E-state index is 0.404. The van der Waals surface area contributed by atoms with Crippen LogP contribution in [0.15, 0.2) is 6.07 Å². The van der Waals surface area contributed by atoms with Crippen LogP contribution in [0.2, 0.25) is 0 Å². The first kappa shape index (κ1) is 11.8. The maximum absolute atomic E-state index is 12.2. The summed E-state index contributed by atoms with van der Waals surface area (Å²) in [5.74, 6) is 3.56. The van der Waals surface area contributed by atoms with Crippen LogP contribution >= 0.6 is 23.1 Å². The van der Waals surface area contributed by atoms with Gasteiger partial charge in [0.15, 0.2) is 5.78 Å². The summed E-state index contributed by atoms with van der Waals surface area (Å²) in [6.45, 7) is 0. The molecule has 17 heavy (non-hydrogen) atoms. The van der Waals surface area contributed by atoms with Crippen molar-refractivity contribution in [2.45, 2.75) is 38.5 Å². The molecule has 1 saturated heterocycles. The topological polar surface area (TPSA) is 17.1 Å². The summed E-state index contributed by atoms with van der Waals surface area (Å²) < 4.78 is 0. The predicted octanol–water partition coefficient (Wildman–Crippen LogP) is 3.95. The molecular formula is C14H18OS2. The third kappa shape index (κ3) is 2.60. The molecule has 0 radical (unpaired) electrons. The number of thiophene rings is 1. The molecule has 0 N–H and O–H groups in total. The number of Topliss-reactive ketones (excluding diaryl/α,β-unsaturated/α-hetero) is 1. The van der Waals surface area contributed by atoms with Gasteiger partial charge in [-0.05, 0) is 61.2 Å². The molecule has 0 aromatic carbocycles. The summed E-state index contributed by atoms with van der Waals surface area (Å²) in [5.41, 5.74) is 1.46. The van der Waals surface area contributed by atoms with Gasteiger partial charge in [0.05, 0.1) is 4.88 Å². The predicted molar refractivity (Wildman–Crippen MR) is 75.3 cm³/mol. The van der Waals surface area contributed by atoms with Gasteiger partial charge in [0.1, 0.15) is 0 Å². The standard InChI is InChI=1S/C14H18OS2/c15-12(8-10-4-6-16-7-5-10)14-9-11-2-1-3-13(11)17-14/h9-10H,1-8H2. The molecule has 0 atom stereocenters. The summed E-state index contributed by atoms with van der Waals surface area (Å²) in [6, 6.07) is 2.17. The molecule has 1 aliphatic heterocycles. The molecule has 2 heterocycles. The Kier molecular flexibility index (Phi) is 3.57. The summed E-state index contributed by atoms with van der Waals surface area (Å²) in [4.78, 5) is 14.7. The Bertz CT molecular complexity index is 394. The van der Waals surface area contributed by atoms with E-state index < -0.39 is 0 Å². The molecule has 1 aromatic heterocycles. The molecule has 1 aromatic rings. The fourth-order valence-corrected chi connectivity index (χ4v) is 5.19. The number of ketones is 1. The smallest absolute Gasteiger partial charge is 0.173 e. The zero-order valence-corrected chi connectivity index (χ0v) is 11.7. The van der Waals surface area contributed by atoms with Crippen LogP contribution in [0.5, 0.6) is 0 Å². The van der Waals surface area contributed by atoms with Gasteiger partial charge in [0, 0.05) is 11.3 Å². The fraction of sp³-hybridized carbons (Fsp3) is 0.643. The third-order valence-electron chi connectivity index (χ3n) is 3.84. The highest BCUT2D eigenvalue weighted by Crippen LogP contribution is 2.33. The highest BCUT2D eigenvalue weighted by Gasteiger charge is 2.22. The van der Waals surface area contributed by atoms with Crippen molar-refractivity contribution >= 4 is 28.9 Å². The second kappa shape index (κ2) is 5.15. The minimum Gasteiger partial charge on any atom is -0.293 e. The van der Waals surface area contributed by atoms with Crippen LogP contribution in [0.25, 0.3) is 0 Å². The minimum absolute atomic E-state index is 0.404. The second-order valence-electron chi connectivity index (χ2n) is 5.10. The number of carbonyl (C=O) groups excluding carboxylic acids is 1. The van der Waals surface area contributed by atoms with Gasteiger partial charge >= 0.3 is 0 Å². The Balaban J connectivity index is 1.64. The van der Waals surface area contributed by atoms with E-state index in [1.165, 1.54) is 54.1 Å². The van der Waals surface area contributed by atoms with Crippen LogP contribution in [0.1, 0.15) is 45.8 Å². The lowest BCUT2D eigenvalue weighted by Crippen LogP contribution is -2.13. The Morgan fingerprint density at radius 1 is 1.29 bits per heavy atom. The maximum Gasteiger partial charge on any atom is 0.173 e. The van der Waals surface area contributed by atoms with Gasteiger partial charge in [0.25, 0.3) is 0 Å². The first-order valence-corrected chi connectivity index (χ1v) is 8.52. The summed E-state index contributed by atoms with van der Waals surface area (Å²) in [7, 11) is 0. The first-order chi connectivity index (χ1) is 8.33. The molecule has 0 unspecified atom stereocenters. The SMILES string of the molecule is O=C(CC1CCSCC1)c1cc2c(s1)CCC2. The quantitative estimate of drug-likeness (QED) is 0.771. The average Bonchev–Trinajstić information content (AvgIpc) is 2.90. The van der Waals surface area contributed by atoms with Crippen LogP contribution in [-0.4, -0.2) is 17.3 Å². The van der Waals surface area contributed by atoms with Gasteiger partial charge in [-0.2, -0.15) is 11.8 Å². The number of carbonyl (C=O) groups is 1. The molecule has 0 bridgehead atoms. The van der Waals surface area contributed by atoms with Crippen molar-refractivity contribution in [3.05, 3.63) is 21.4 Å². The van der Waals surface area contributed by atoms with E-state index in [4.69, 9.17) is 0 Å². The van der Waals surface area contributed by atoms with Crippen molar-refractivity contribution in [3.8, 4) is 0 Å². The molecule has 0 saturated carbocycles. The molecule has 3 heteroatoms. The molecule has 2 aliphatic rings. The van der Waals surface area contributed by atoms with Crippen molar-refractivity contribution < 1.29 is 4.79 Å². The summed E-state index contributed by atoms with van der Waals surface area (Å²) in [6.07, 6.45) is 6.95. The zero-order chi connectivity index (χ0) is 11.7. The molecule has 0 spiro atoms. The Morgan fingerprint density at radius 2 is 2.12 bits per heavy atom. The third-order valence-corrected chi connectivity index (χ3v) is 6.16. The van der Waals surface area contributed by atoms with Crippen molar-refractivity contribution in [2.75, 3.05) is 11.5 Å². The number of thioether (sulfide) groups is 1. The number of aryl methyl sites for hydroxylation is 2. The van der Waals surface area contributed by atoms with E-state index in [1.807, 2.05) is 11.8 Å². The van der Waals surface area contributed by atoms with Gasteiger partial charge in [-0.15, -0.1) is 11.3 Å². The van der Waals surface area contributed by atoms with Crippen molar-refractivity contribution in [2.24, 2.45) is 5.92 Å². The fourth-order valence-electron chi connectivity index (χ4n) is 2.78. The van der Waals surface area contributed by atoms with Crippen molar-refractivity contribution in [1.29, 1.82) is 0 Å². The molecular weight excluding hydrogens is 248 g/mol. The monoisotopic (exact) mass is 266 g/mol. The van der Waals surface area contributed by atoms with E-state index in [-0.39, 0.29) is 0 Å². The Hall–Kier alpha value is -0.280. The first-order valence-electron chi connectivity index (χ1n) is 6.55. The molecule has 92 valence electrons. The van der Waals surface area contributed by atoms with E-state index in [1.54, 1.807) is 11.3 Å². The Morgan fingerprint density at radius 3 is 2.88 bits per heavy atom. The van der Waals surface area contributed by atoms with E-state index in [2.05, 4.69) is 6.07 Å². The lowest BCUT2D eigenvalue weighted by Gasteiger charge is -2.20. The largest absolute Gasteiger partial charge is 0.293 e. The highest BCUT2D eigenvalue weighted by molar-refractivity contribution is 7.99. The van der Waals surface area contributed by atoms with Gasteiger partial charge in [-0.3, -0.25) is 4.79 Å². The van der Waals surface area contributed by atoms with Gasteiger partial charge in [0.2, 0.25) is 0 Å². The number of fused-ring (bicyclic) bond motifs is 1. The summed E-state index contributed by atoms with van der Waals surface area (Å²) >= 11 is 3.80. The normalized spacial score (nSPS) is 20.5. The summed E-state index contributed by atoms with van der Waals surface area (Å²) in [5, 5.41) is 0. The lowest BCUT2D eigenvalue weighted by molar-refractivity contribution is 0.0962. The van der Waals surface area contributed by atoms with Crippen LogP contribution in [0.3, 0.4) is 0 Å². The van der Waals surface area contributed by atoms with Gasteiger partial charge in [-0.1, -0.05) is 0 Å². The second-order valence-corrected chi connectivity index (χ2v) is 7.46. The van der Waals surface area contributed by atoms with Gasteiger partial charge < -0.3 is 0 Å². The van der Waals surface area contributed by atoms with Crippen LogP contribution in [-0.2, 0) is 12.8 Å². The molecule has 1 nitrogen and oxygen atoms in total. The molecule has 1 aliphatic carbocycles. The van der Waals surface area contributed by atoms with E-state index >= 15 is 0 Å². The number of hydrogen-bond donors (Lipinski definition) is 0. The maximum atomic E-state index is 12.2. The number of hydrogen-bond acceptors (Lipinski definition) is 3. The van der Waals surface area contributed by atoms with Crippen LogP contribution < -0.4 is 0 Å². The van der Waals surface area contributed by atoms with Crippen molar-refractivity contribution in [1.82, 2.24) is 0 Å². The van der Waals surface area contributed by atoms with Crippen LogP contribution in [0.4, 0.5) is 0 Å². The highest BCUT2D eigenvalue weighted by atomic mass is 32.2. The average molecular weight is 266 g/mol. The van der Waals surface area contributed by atoms with Crippen LogP contribution in [0, 0.1) is 5.92 Å². The van der Waals surface area contributed by atoms with Gasteiger partial charge in [-0.25, -0.2) is 0 Å². The van der Waals surface area contributed by atoms with E-state index in [9.17, 15) is 4.79 Å². The number of rotatable bonds is 3. The van der Waals surface area contributed by atoms with E-state index in [0.29, 0.717) is 11.7 Å². The van der Waals surface area contributed by atoms with Crippen molar-refractivity contribution in [3.63, 3.8) is 0 Å². The zero-order valence-electron chi connectivity index (χ0n) is 10.0. The lowest BCUT2D eigenvalue weighted by atomic mass is 9.96. The molecule has 3 rings (SSSR count). The molecule has 1 fully saturated rings. The van der Waals surface area contributed by atoms with E-state index in [0.717, 1.165) is 11.3 Å². The Labute approximate surface area is 111 Å². The molecule has 0 amide bonds.